The summed E-state index contributed by atoms with van der Waals surface area (Å²) < 4.78 is 5.59. The molecular weight excluding hydrogens is 288 g/mol. The first kappa shape index (κ1) is 21.4. The first-order chi connectivity index (χ1) is 11.1. The molecule has 23 heavy (non-hydrogen) atoms. The van der Waals surface area contributed by atoms with Gasteiger partial charge in [-0.3, -0.25) is 4.79 Å². The van der Waals surface area contributed by atoms with E-state index in [1.165, 1.54) is 16.0 Å². The molecule has 1 aromatic rings. The molecule has 0 saturated carbocycles. The molecule has 3 heteroatoms. The number of rotatable bonds is 9. The second kappa shape index (κ2) is 14.0. The third-order valence-electron chi connectivity index (χ3n) is 3.27. The monoisotopic (exact) mass is 320 g/mol. The second-order valence-corrected chi connectivity index (χ2v) is 5.23. The van der Waals surface area contributed by atoms with Crippen molar-refractivity contribution in [3.63, 3.8) is 0 Å². The van der Waals surface area contributed by atoms with Crippen molar-refractivity contribution < 1.29 is 14.6 Å². The topological polar surface area (TPSA) is 46.5 Å². The van der Waals surface area contributed by atoms with Crippen LogP contribution in [0.15, 0.2) is 18.2 Å². The highest BCUT2D eigenvalue weighted by Gasteiger charge is 1.96. The lowest BCUT2D eigenvalue weighted by Gasteiger charge is -2.01. The average molecular weight is 320 g/mol. The van der Waals surface area contributed by atoms with Crippen LogP contribution in [0.3, 0.4) is 0 Å². The number of hydrogen-bond acceptors (Lipinski definition) is 2. The van der Waals surface area contributed by atoms with Gasteiger partial charge in [-0.1, -0.05) is 63.1 Å². The maximum Gasteiger partial charge on any atom is 0.303 e. The number of ether oxygens (including phenoxy) is 1. The highest BCUT2D eigenvalue weighted by molar-refractivity contribution is 5.66. The number of hydrogen-bond donors (Lipinski definition) is 1. The molecule has 0 fully saturated rings. The van der Waals surface area contributed by atoms with E-state index in [4.69, 9.17) is 9.84 Å². The van der Waals surface area contributed by atoms with Crippen LogP contribution >= 0.6 is 0 Å². The fourth-order valence-corrected chi connectivity index (χ4v) is 2.17. The molecule has 0 radical (unpaired) electrons. The Balaban J connectivity index is 0.00000232. The van der Waals surface area contributed by atoms with Gasteiger partial charge in [0.05, 0.1) is 6.61 Å². The van der Waals surface area contributed by atoms with Gasteiger partial charge < -0.3 is 9.84 Å². The Bertz CT molecular complexity index is 546. The largest absolute Gasteiger partial charge is 0.481 e. The highest BCUT2D eigenvalue weighted by Crippen LogP contribution is 1.99. The molecule has 0 atom stereocenters. The van der Waals surface area contributed by atoms with Crippen molar-refractivity contribution in [3.8, 4) is 0 Å². The van der Waals surface area contributed by atoms with Gasteiger partial charge in [0.1, 0.15) is 0 Å². The smallest absolute Gasteiger partial charge is 0.303 e. The number of carboxylic acid groups (broad SMARTS) is 1. The number of benzene rings is 1. The Kier molecular flexibility index (Phi) is 13.0. The fourth-order valence-electron chi connectivity index (χ4n) is 2.17. The third kappa shape index (κ3) is 10.7. The Morgan fingerprint density at radius 3 is 2.52 bits per heavy atom. The van der Waals surface area contributed by atoms with Gasteiger partial charge in [-0.2, -0.15) is 0 Å². The third-order valence-corrected chi connectivity index (χ3v) is 3.27. The molecule has 0 aromatic heterocycles. The van der Waals surface area contributed by atoms with Crippen LogP contribution in [0.2, 0.25) is 0 Å². The maximum absolute atomic E-state index is 10.4. The van der Waals surface area contributed by atoms with Crippen molar-refractivity contribution in [2.45, 2.75) is 59.8 Å². The summed E-state index contributed by atoms with van der Waals surface area (Å²) >= 11 is 0. The Labute approximate surface area is 140 Å². The predicted molar refractivity (Wildman–Crippen MR) is 97.9 cm³/mol. The summed E-state index contributed by atoms with van der Waals surface area (Å²) in [5, 5.41) is 11.0. The summed E-state index contributed by atoms with van der Waals surface area (Å²) in [5.41, 5.74) is 1.27. The lowest BCUT2D eigenvalue weighted by Crippen LogP contribution is -2.25. The van der Waals surface area contributed by atoms with Crippen molar-refractivity contribution in [1.29, 1.82) is 0 Å². The van der Waals surface area contributed by atoms with Crippen LogP contribution in [-0.2, 0) is 9.53 Å². The number of carboxylic acids is 1. The minimum atomic E-state index is -0.719. The van der Waals surface area contributed by atoms with Crippen LogP contribution in [0.1, 0.15) is 58.4 Å². The van der Waals surface area contributed by atoms with Gasteiger partial charge >= 0.3 is 5.97 Å². The van der Waals surface area contributed by atoms with E-state index in [0.717, 1.165) is 25.7 Å². The van der Waals surface area contributed by atoms with Crippen molar-refractivity contribution in [2.75, 3.05) is 13.2 Å². The zero-order chi connectivity index (χ0) is 17.5. The van der Waals surface area contributed by atoms with Crippen molar-refractivity contribution >= 4 is 18.1 Å². The molecule has 130 valence electrons. The molecule has 1 rings (SSSR count). The summed E-state index contributed by atoms with van der Waals surface area (Å²) in [6, 6.07) is 6.44. The van der Waals surface area contributed by atoms with Crippen LogP contribution in [0.25, 0.3) is 12.2 Å². The molecule has 0 amide bonds. The molecule has 0 unspecified atom stereocenters. The van der Waals surface area contributed by atoms with E-state index >= 15 is 0 Å². The van der Waals surface area contributed by atoms with Gasteiger partial charge in [0.2, 0.25) is 0 Å². The molecule has 0 heterocycles. The fraction of sp³-hybridized carbons (Fsp3) is 0.550. The molecule has 0 spiro atoms. The van der Waals surface area contributed by atoms with E-state index in [-0.39, 0.29) is 6.42 Å². The quantitative estimate of drug-likeness (QED) is 0.706. The zero-order valence-corrected chi connectivity index (χ0v) is 15.1. The summed E-state index contributed by atoms with van der Waals surface area (Å²) in [6.45, 7) is 9.53. The normalized spacial score (nSPS) is 12.0. The van der Waals surface area contributed by atoms with Gasteiger partial charge in [-0.25, -0.2) is 0 Å². The SMILES string of the molecule is CC.CC/C=c1/cc(C)cc/c1=C/COCCCCCC(=O)O. The number of unbranched alkanes of at least 4 members (excludes halogenated alkanes) is 2. The molecule has 0 aliphatic carbocycles. The van der Waals surface area contributed by atoms with E-state index in [1.54, 1.807) is 0 Å². The minimum absolute atomic E-state index is 0.256. The molecule has 0 saturated heterocycles. The summed E-state index contributed by atoms with van der Waals surface area (Å²) in [5.74, 6) is -0.719. The number of carbonyl (C=O) groups is 1. The van der Waals surface area contributed by atoms with E-state index in [9.17, 15) is 4.79 Å². The minimum Gasteiger partial charge on any atom is -0.481 e. The van der Waals surface area contributed by atoms with Crippen molar-refractivity contribution in [1.82, 2.24) is 0 Å². The first-order valence-electron chi connectivity index (χ1n) is 8.70. The average Bonchev–Trinajstić information content (AvgIpc) is 2.53. The Morgan fingerprint density at radius 2 is 1.87 bits per heavy atom. The molecule has 1 aromatic carbocycles. The Hall–Kier alpha value is -1.61. The van der Waals surface area contributed by atoms with E-state index in [0.29, 0.717) is 13.2 Å². The van der Waals surface area contributed by atoms with Gasteiger partial charge in [0.25, 0.3) is 0 Å². The lowest BCUT2D eigenvalue weighted by atomic mass is 10.1. The molecule has 0 bridgehead atoms. The van der Waals surface area contributed by atoms with Crippen molar-refractivity contribution in [2.24, 2.45) is 0 Å². The molecular formula is C20H32O3. The standard InChI is InChI=1S/C18H26O3.C2H6/c1-3-7-17-14-15(2)9-10-16(17)11-13-21-12-6-4-5-8-18(19)20;1-2/h7,9-11,14H,3-6,8,12-13H2,1-2H3,(H,19,20);1-2H3/b16-11-,17-7-;. The molecule has 0 aliphatic rings. The Morgan fingerprint density at radius 1 is 1.13 bits per heavy atom. The van der Waals surface area contributed by atoms with Crippen LogP contribution in [-0.4, -0.2) is 24.3 Å². The van der Waals surface area contributed by atoms with E-state index in [1.807, 2.05) is 13.8 Å². The van der Waals surface area contributed by atoms with Gasteiger partial charge in [0.15, 0.2) is 0 Å². The summed E-state index contributed by atoms with van der Waals surface area (Å²) in [4.78, 5) is 10.4. The molecule has 3 nitrogen and oxygen atoms in total. The summed E-state index contributed by atoms with van der Waals surface area (Å²) in [6.07, 6.45) is 8.17. The van der Waals surface area contributed by atoms with Crippen LogP contribution in [0.4, 0.5) is 0 Å². The maximum atomic E-state index is 10.4. The molecule has 1 N–H and O–H groups in total. The lowest BCUT2D eigenvalue weighted by molar-refractivity contribution is -0.137. The van der Waals surface area contributed by atoms with E-state index < -0.39 is 5.97 Å². The second-order valence-electron chi connectivity index (χ2n) is 5.23. The number of aliphatic carboxylic acids is 1. The summed E-state index contributed by atoms with van der Waals surface area (Å²) in [7, 11) is 0. The van der Waals surface area contributed by atoms with Crippen LogP contribution in [0.5, 0.6) is 0 Å². The zero-order valence-electron chi connectivity index (χ0n) is 15.1. The van der Waals surface area contributed by atoms with Gasteiger partial charge in [-0.05, 0) is 36.6 Å². The van der Waals surface area contributed by atoms with Gasteiger partial charge in [0, 0.05) is 13.0 Å². The van der Waals surface area contributed by atoms with Gasteiger partial charge in [-0.15, -0.1) is 0 Å². The van der Waals surface area contributed by atoms with Crippen LogP contribution < -0.4 is 10.4 Å². The van der Waals surface area contributed by atoms with E-state index in [2.05, 4.69) is 44.2 Å². The van der Waals surface area contributed by atoms with Crippen LogP contribution in [0, 0.1) is 6.92 Å². The van der Waals surface area contributed by atoms with Crippen molar-refractivity contribution in [3.05, 3.63) is 34.2 Å². The number of aryl methyl sites for hydroxylation is 1. The first-order valence-corrected chi connectivity index (χ1v) is 8.70. The predicted octanol–water partition coefficient (Wildman–Crippen LogP) is 3.65. The highest BCUT2D eigenvalue weighted by atomic mass is 16.5. The molecule has 0 aliphatic heterocycles.